The van der Waals surface area contributed by atoms with E-state index in [2.05, 4.69) is 19.2 Å². The number of aliphatic hydroxyl groups is 1. The first kappa shape index (κ1) is 13.0. The van der Waals surface area contributed by atoms with E-state index < -0.39 is 0 Å². The molecule has 90 valence electrons. The first-order chi connectivity index (χ1) is 7.27. The lowest BCUT2D eigenvalue weighted by molar-refractivity contribution is 0.211. The van der Waals surface area contributed by atoms with E-state index >= 15 is 0 Å². The Balaban J connectivity index is 2.27. The molecule has 0 heterocycles. The fourth-order valence-corrected chi connectivity index (χ4v) is 2.60. The minimum absolute atomic E-state index is 0.300. The van der Waals surface area contributed by atoms with Crippen LogP contribution in [0.25, 0.3) is 0 Å². The van der Waals surface area contributed by atoms with Crippen molar-refractivity contribution < 1.29 is 5.11 Å². The summed E-state index contributed by atoms with van der Waals surface area (Å²) < 4.78 is 0. The van der Waals surface area contributed by atoms with Gasteiger partial charge in [-0.25, -0.2) is 0 Å². The molecule has 1 saturated carbocycles. The van der Waals surface area contributed by atoms with Crippen LogP contribution >= 0.6 is 0 Å². The molecular weight excluding hydrogens is 186 g/mol. The molecule has 2 atom stereocenters. The van der Waals surface area contributed by atoms with E-state index in [1.807, 2.05) is 0 Å². The molecule has 0 aromatic rings. The molecule has 2 nitrogen and oxygen atoms in total. The van der Waals surface area contributed by atoms with Crippen LogP contribution in [-0.2, 0) is 0 Å². The molecule has 2 N–H and O–H groups in total. The largest absolute Gasteiger partial charge is 0.396 e. The van der Waals surface area contributed by atoms with Gasteiger partial charge in [-0.2, -0.15) is 0 Å². The summed E-state index contributed by atoms with van der Waals surface area (Å²) in [6, 6.07) is 0.680. The third kappa shape index (κ3) is 4.52. The van der Waals surface area contributed by atoms with Gasteiger partial charge in [-0.15, -0.1) is 0 Å². The maximum Gasteiger partial charge on any atom is 0.0468 e. The van der Waals surface area contributed by atoms with Crippen LogP contribution in [0.4, 0.5) is 0 Å². The number of aliphatic hydroxyl groups excluding tert-OH is 1. The van der Waals surface area contributed by atoms with Gasteiger partial charge in [-0.1, -0.05) is 33.1 Å². The highest BCUT2D eigenvalue weighted by atomic mass is 16.3. The van der Waals surface area contributed by atoms with E-state index in [0.29, 0.717) is 18.6 Å². The minimum Gasteiger partial charge on any atom is -0.396 e. The van der Waals surface area contributed by atoms with Crippen LogP contribution in [0.3, 0.4) is 0 Å². The van der Waals surface area contributed by atoms with Crippen molar-refractivity contribution in [1.29, 1.82) is 0 Å². The maximum absolute atomic E-state index is 8.99. The fourth-order valence-electron chi connectivity index (χ4n) is 2.60. The topological polar surface area (TPSA) is 32.3 Å². The monoisotopic (exact) mass is 213 g/mol. The van der Waals surface area contributed by atoms with E-state index in [-0.39, 0.29) is 0 Å². The second-order valence-electron chi connectivity index (χ2n) is 5.11. The van der Waals surface area contributed by atoms with Gasteiger partial charge in [0.1, 0.15) is 0 Å². The Kier molecular flexibility index (Phi) is 6.26. The summed E-state index contributed by atoms with van der Waals surface area (Å²) in [6.07, 6.45) is 8.29. The second kappa shape index (κ2) is 7.24. The Bertz CT molecular complexity index is 155. The number of hydrogen-bond donors (Lipinski definition) is 2. The van der Waals surface area contributed by atoms with E-state index in [1.165, 1.54) is 38.5 Å². The molecule has 1 rings (SSSR count). The summed E-state index contributed by atoms with van der Waals surface area (Å²) in [5, 5.41) is 12.6. The molecule has 0 aromatic heterocycles. The minimum atomic E-state index is 0.300. The smallest absolute Gasteiger partial charge is 0.0468 e. The van der Waals surface area contributed by atoms with Crippen molar-refractivity contribution in [2.24, 2.45) is 11.8 Å². The zero-order valence-electron chi connectivity index (χ0n) is 10.3. The fraction of sp³-hybridized carbons (Fsp3) is 1.00. The van der Waals surface area contributed by atoms with Crippen LogP contribution in [0.2, 0.25) is 0 Å². The average molecular weight is 213 g/mol. The third-order valence-corrected chi connectivity index (χ3v) is 3.70. The van der Waals surface area contributed by atoms with Crippen LogP contribution in [0.5, 0.6) is 0 Å². The van der Waals surface area contributed by atoms with E-state index in [1.54, 1.807) is 0 Å². The van der Waals surface area contributed by atoms with Gasteiger partial charge in [-0.3, -0.25) is 0 Å². The molecule has 0 radical (unpaired) electrons. The quantitative estimate of drug-likeness (QED) is 0.711. The summed E-state index contributed by atoms with van der Waals surface area (Å²) >= 11 is 0. The Morgan fingerprint density at radius 3 is 2.47 bits per heavy atom. The van der Waals surface area contributed by atoms with Gasteiger partial charge in [0, 0.05) is 19.2 Å². The Morgan fingerprint density at radius 2 is 1.93 bits per heavy atom. The lowest BCUT2D eigenvalue weighted by Crippen LogP contribution is -2.39. The van der Waals surface area contributed by atoms with Crippen molar-refractivity contribution in [2.45, 2.75) is 58.4 Å². The van der Waals surface area contributed by atoms with Crippen molar-refractivity contribution in [3.05, 3.63) is 0 Å². The number of nitrogens with one attached hydrogen (secondary N) is 1. The molecule has 2 heteroatoms. The first-order valence-corrected chi connectivity index (χ1v) is 6.62. The summed E-state index contributed by atoms with van der Waals surface area (Å²) in [5.41, 5.74) is 0. The zero-order valence-corrected chi connectivity index (χ0v) is 10.3. The molecule has 0 aromatic carbocycles. The highest BCUT2D eigenvalue weighted by molar-refractivity contribution is 4.78. The van der Waals surface area contributed by atoms with Gasteiger partial charge in [-0.05, 0) is 31.1 Å². The molecule has 1 aliphatic rings. The predicted molar refractivity (Wildman–Crippen MR) is 64.9 cm³/mol. The summed E-state index contributed by atoms with van der Waals surface area (Å²) in [6.45, 7) is 5.64. The van der Waals surface area contributed by atoms with Crippen molar-refractivity contribution in [2.75, 3.05) is 13.2 Å². The standard InChI is InChI=1S/C13H27NO/c1-3-13(14-9-11(2)10-15)12-7-5-4-6-8-12/h11-15H,3-10H2,1-2H3. The van der Waals surface area contributed by atoms with Gasteiger partial charge < -0.3 is 10.4 Å². The maximum atomic E-state index is 8.99. The molecule has 0 bridgehead atoms. The second-order valence-corrected chi connectivity index (χ2v) is 5.11. The van der Waals surface area contributed by atoms with Crippen LogP contribution in [0.1, 0.15) is 52.4 Å². The van der Waals surface area contributed by atoms with Gasteiger partial charge in [0.15, 0.2) is 0 Å². The molecular formula is C13H27NO. The summed E-state index contributed by atoms with van der Waals surface area (Å²) in [7, 11) is 0. The van der Waals surface area contributed by atoms with Crippen LogP contribution in [0.15, 0.2) is 0 Å². The van der Waals surface area contributed by atoms with E-state index in [4.69, 9.17) is 5.11 Å². The molecule has 1 fully saturated rings. The molecule has 0 aliphatic heterocycles. The van der Waals surface area contributed by atoms with Gasteiger partial charge in [0.25, 0.3) is 0 Å². The average Bonchev–Trinajstić information content (AvgIpc) is 2.31. The highest BCUT2D eigenvalue weighted by Crippen LogP contribution is 2.27. The predicted octanol–water partition coefficient (Wildman–Crippen LogP) is 2.56. The molecule has 15 heavy (non-hydrogen) atoms. The molecule has 2 unspecified atom stereocenters. The molecule has 0 spiro atoms. The van der Waals surface area contributed by atoms with Crippen molar-refractivity contribution in [3.8, 4) is 0 Å². The Morgan fingerprint density at radius 1 is 1.27 bits per heavy atom. The third-order valence-electron chi connectivity index (χ3n) is 3.70. The highest BCUT2D eigenvalue weighted by Gasteiger charge is 2.21. The van der Waals surface area contributed by atoms with E-state index in [0.717, 1.165) is 12.5 Å². The van der Waals surface area contributed by atoms with Gasteiger partial charge in [0.2, 0.25) is 0 Å². The van der Waals surface area contributed by atoms with Crippen LogP contribution in [-0.4, -0.2) is 24.3 Å². The molecule has 0 saturated heterocycles. The molecule has 1 aliphatic carbocycles. The SMILES string of the molecule is CCC(NCC(C)CO)C1CCCCC1. The van der Waals surface area contributed by atoms with Crippen molar-refractivity contribution in [1.82, 2.24) is 5.32 Å². The Labute approximate surface area is 94.5 Å². The van der Waals surface area contributed by atoms with Crippen LogP contribution < -0.4 is 5.32 Å². The van der Waals surface area contributed by atoms with Crippen molar-refractivity contribution in [3.63, 3.8) is 0 Å². The lowest BCUT2D eigenvalue weighted by Gasteiger charge is -2.31. The molecule has 0 amide bonds. The summed E-state index contributed by atoms with van der Waals surface area (Å²) in [4.78, 5) is 0. The van der Waals surface area contributed by atoms with E-state index in [9.17, 15) is 0 Å². The number of hydrogen-bond acceptors (Lipinski definition) is 2. The summed E-state index contributed by atoms with van der Waals surface area (Å²) in [5.74, 6) is 1.28. The van der Waals surface area contributed by atoms with Gasteiger partial charge >= 0.3 is 0 Å². The Hall–Kier alpha value is -0.0800. The lowest BCUT2D eigenvalue weighted by atomic mass is 9.83. The normalized spacial score (nSPS) is 22.6. The van der Waals surface area contributed by atoms with Crippen LogP contribution in [0, 0.1) is 11.8 Å². The van der Waals surface area contributed by atoms with Gasteiger partial charge in [0.05, 0.1) is 0 Å². The first-order valence-electron chi connectivity index (χ1n) is 6.62. The van der Waals surface area contributed by atoms with Crippen molar-refractivity contribution >= 4 is 0 Å². The number of rotatable bonds is 6. The zero-order chi connectivity index (χ0) is 11.1.